The van der Waals surface area contributed by atoms with Crippen molar-refractivity contribution in [1.29, 1.82) is 0 Å². The number of rotatable bonds is 3. The average Bonchev–Trinajstić information content (AvgIpc) is 2.85. The molecule has 16 heavy (non-hydrogen) atoms. The summed E-state index contributed by atoms with van der Waals surface area (Å²) in [5.74, 6) is -0.370. The highest BCUT2D eigenvalue weighted by Gasteiger charge is 2.36. The highest BCUT2D eigenvalue weighted by atomic mass is 35.5. The third kappa shape index (κ3) is 2.20. The number of hydrogen-bond donors (Lipinski definition) is 0. The molecule has 2 atom stereocenters. The lowest BCUT2D eigenvalue weighted by molar-refractivity contribution is -0.146. The van der Waals surface area contributed by atoms with Crippen molar-refractivity contribution >= 4 is 35.3 Å². The second-order valence-corrected chi connectivity index (χ2v) is 4.55. The van der Waals surface area contributed by atoms with Gasteiger partial charge in [-0.15, -0.1) is 11.3 Å². The van der Waals surface area contributed by atoms with Crippen molar-refractivity contribution in [3.63, 3.8) is 0 Å². The largest absolute Gasteiger partial charge is 0.472 e. The smallest absolute Gasteiger partial charge is 0.335 e. The van der Waals surface area contributed by atoms with Crippen LogP contribution in [-0.4, -0.2) is 25.0 Å². The highest BCUT2D eigenvalue weighted by Crippen LogP contribution is 2.33. The molecule has 0 spiro atoms. The summed E-state index contributed by atoms with van der Waals surface area (Å²) in [6, 6.07) is 1.16. The van der Waals surface area contributed by atoms with Gasteiger partial charge in [-0.05, 0) is 13.0 Å². The number of aliphatic imine (C=N–C) groups is 1. The molecule has 0 amide bonds. The van der Waals surface area contributed by atoms with Gasteiger partial charge in [0, 0.05) is 10.3 Å². The Labute approximate surface area is 102 Å². The van der Waals surface area contributed by atoms with E-state index in [1.165, 1.54) is 17.7 Å². The van der Waals surface area contributed by atoms with Gasteiger partial charge in [0.2, 0.25) is 0 Å². The van der Waals surface area contributed by atoms with Crippen molar-refractivity contribution in [2.75, 3.05) is 6.61 Å². The molecule has 1 aliphatic heterocycles. The molecular weight excluding hydrogens is 250 g/mol. The van der Waals surface area contributed by atoms with Gasteiger partial charge in [-0.25, -0.2) is 9.79 Å². The normalized spacial score (nSPS) is 23.1. The molecule has 4 nitrogen and oxygen atoms in total. The first kappa shape index (κ1) is 11.4. The summed E-state index contributed by atoms with van der Waals surface area (Å²) in [5, 5.41) is 2.43. The van der Waals surface area contributed by atoms with Gasteiger partial charge >= 0.3 is 5.97 Å². The molecule has 0 saturated carbocycles. The monoisotopic (exact) mass is 259 g/mol. The molecule has 6 heteroatoms. The summed E-state index contributed by atoms with van der Waals surface area (Å²) in [6.07, 6.45) is 0.886. The first-order valence-electron chi connectivity index (χ1n) is 4.80. The number of esters is 1. The van der Waals surface area contributed by atoms with Gasteiger partial charge in [0.1, 0.15) is 0 Å². The van der Waals surface area contributed by atoms with Crippen molar-refractivity contribution < 1.29 is 14.3 Å². The van der Waals surface area contributed by atoms with Gasteiger partial charge in [-0.3, -0.25) is 0 Å². The van der Waals surface area contributed by atoms with Crippen LogP contribution in [0.25, 0.3) is 0 Å². The minimum Gasteiger partial charge on any atom is -0.472 e. The number of ether oxygens (including phenoxy) is 2. The molecule has 0 bridgehead atoms. The van der Waals surface area contributed by atoms with E-state index in [4.69, 9.17) is 21.1 Å². The number of hydrogen-bond acceptors (Lipinski definition) is 5. The van der Waals surface area contributed by atoms with E-state index >= 15 is 0 Å². The maximum absolute atomic E-state index is 11.6. The van der Waals surface area contributed by atoms with Crippen LogP contribution < -0.4 is 0 Å². The zero-order valence-corrected chi connectivity index (χ0v) is 10.1. The van der Waals surface area contributed by atoms with Crippen LogP contribution in [0, 0.1) is 0 Å². The summed E-state index contributed by atoms with van der Waals surface area (Å²) in [5.41, 5.74) is 0. The molecule has 1 aliphatic rings. The number of nitrogens with zero attached hydrogens (tertiary/aromatic N) is 1. The number of carbonyl (C=O) groups excluding carboxylic acids is 1. The van der Waals surface area contributed by atoms with E-state index < -0.39 is 12.1 Å². The van der Waals surface area contributed by atoms with Gasteiger partial charge in [0.15, 0.2) is 18.5 Å². The lowest BCUT2D eigenvalue weighted by Gasteiger charge is -2.14. The quantitative estimate of drug-likeness (QED) is 0.784. The summed E-state index contributed by atoms with van der Waals surface area (Å²) in [7, 11) is 0. The summed E-state index contributed by atoms with van der Waals surface area (Å²) in [4.78, 5) is 16.4. The Balaban J connectivity index is 2.13. The zero-order chi connectivity index (χ0) is 11.5. The van der Waals surface area contributed by atoms with E-state index in [0.717, 1.165) is 4.88 Å². The van der Waals surface area contributed by atoms with Crippen LogP contribution in [0.3, 0.4) is 0 Å². The molecule has 0 aromatic carbocycles. The molecule has 0 saturated heterocycles. The Morgan fingerprint density at radius 1 is 1.75 bits per heavy atom. The number of carbonyl (C=O) groups is 1. The second-order valence-electron chi connectivity index (χ2n) is 3.18. The second kappa shape index (κ2) is 4.84. The molecular formula is C10H10ClNO3S. The minimum atomic E-state index is -0.616. The maximum Gasteiger partial charge on any atom is 0.335 e. The van der Waals surface area contributed by atoms with Crippen LogP contribution in [0.5, 0.6) is 0 Å². The lowest BCUT2D eigenvalue weighted by Crippen LogP contribution is -2.25. The van der Waals surface area contributed by atoms with Crippen molar-refractivity contribution in [2.45, 2.75) is 19.1 Å². The molecule has 2 unspecified atom stereocenters. The van der Waals surface area contributed by atoms with E-state index in [1.54, 1.807) is 18.4 Å². The van der Waals surface area contributed by atoms with E-state index in [2.05, 4.69) is 4.99 Å². The summed E-state index contributed by atoms with van der Waals surface area (Å²) < 4.78 is 10.2. The maximum atomic E-state index is 11.6. The first-order valence-corrected chi connectivity index (χ1v) is 6.05. The van der Waals surface area contributed by atoms with E-state index in [9.17, 15) is 4.79 Å². The molecule has 0 aliphatic carbocycles. The van der Waals surface area contributed by atoms with Crippen LogP contribution in [0.4, 0.5) is 0 Å². The van der Waals surface area contributed by atoms with Gasteiger partial charge in [-0.1, -0.05) is 11.6 Å². The Kier molecular flexibility index (Phi) is 3.46. The highest BCUT2D eigenvalue weighted by molar-refractivity contribution is 7.10. The molecule has 0 fully saturated rings. The van der Waals surface area contributed by atoms with Crippen LogP contribution >= 0.6 is 22.9 Å². The number of halogens is 1. The minimum absolute atomic E-state index is 0.336. The molecule has 0 N–H and O–H groups in total. The topological polar surface area (TPSA) is 47.9 Å². The fourth-order valence-corrected chi connectivity index (χ4v) is 2.58. The van der Waals surface area contributed by atoms with Crippen LogP contribution in [0.2, 0.25) is 5.02 Å². The van der Waals surface area contributed by atoms with Gasteiger partial charge in [0.05, 0.1) is 11.6 Å². The summed E-state index contributed by atoms with van der Waals surface area (Å²) in [6.45, 7) is 2.09. The van der Waals surface area contributed by atoms with E-state index in [-0.39, 0.29) is 5.97 Å². The molecule has 1 aromatic rings. The molecule has 2 rings (SSSR count). The Hall–Kier alpha value is -1.07. The van der Waals surface area contributed by atoms with Crippen LogP contribution in [0.15, 0.2) is 16.4 Å². The standard InChI is InChI=1S/C10H10ClNO3S/c1-2-14-10(13)8-9(15-5-12-8)7-3-6(11)4-16-7/h3-5,8-9H,2H2,1H3. The number of thiophene rings is 1. The van der Waals surface area contributed by atoms with Crippen molar-refractivity contribution in [1.82, 2.24) is 0 Å². The van der Waals surface area contributed by atoms with Gasteiger partial charge < -0.3 is 9.47 Å². The van der Waals surface area contributed by atoms with E-state index in [1.807, 2.05) is 0 Å². The van der Waals surface area contributed by atoms with Crippen molar-refractivity contribution in [3.8, 4) is 0 Å². The zero-order valence-electron chi connectivity index (χ0n) is 8.55. The molecule has 0 radical (unpaired) electrons. The average molecular weight is 260 g/mol. The van der Waals surface area contributed by atoms with Crippen molar-refractivity contribution in [3.05, 3.63) is 21.3 Å². The third-order valence-electron chi connectivity index (χ3n) is 2.11. The SMILES string of the molecule is CCOC(=O)C1N=COC1c1cc(Cl)cs1. The van der Waals surface area contributed by atoms with Gasteiger partial charge in [-0.2, -0.15) is 0 Å². The van der Waals surface area contributed by atoms with Gasteiger partial charge in [0.25, 0.3) is 0 Å². The molecule has 86 valence electrons. The van der Waals surface area contributed by atoms with E-state index in [0.29, 0.717) is 11.6 Å². The predicted octanol–water partition coefficient (Wildman–Crippen LogP) is 2.43. The first-order chi connectivity index (χ1) is 7.72. The predicted molar refractivity (Wildman–Crippen MR) is 62.1 cm³/mol. The Bertz CT molecular complexity index is 418. The fourth-order valence-electron chi connectivity index (χ4n) is 1.43. The Morgan fingerprint density at radius 3 is 3.19 bits per heavy atom. The molecule has 1 aromatic heterocycles. The van der Waals surface area contributed by atoms with Crippen LogP contribution in [0.1, 0.15) is 17.9 Å². The lowest BCUT2D eigenvalue weighted by atomic mass is 10.1. The summed E-state index contributed by atoms with van der Waals surface area (Å²) >= 11 is 7.27. The molecule has 2 heterocycles. The van der Waals surface area contributed by atoms with Crippen molar-refractivity contribution in [2.24, 2.45) is 4.99 Å². The fraction of sp³-hybridized carbons (Fsp3) is 0.400. The third-order valence-corrected chi connectivity index (χ3v) is 3.45. The van der Waals surface area contributed by atoms with Crippen LogP contribution in [-0.2, 0) is 14.3 Å². The Morgan fingerprint density at radius 2 is 2.56 bits per heavy atom.